The molecule has 0 aliphatic heterocycles. The molecule has 2 aromatic rings. The van der Waals surface area contributed by atoms with Gasteiger partial charge in [-0.2, -0.15) is 4.68 Å². The van der Waals surface area contributed by atoms with Gasteiger partial charge in [-0.25, -0.2) is 0 Å². The number of nitrogens with zero attached hydrogens (tertiary/aromatic N) is 4. The molecule has 0 saturated heterocycles. The van der Waals surface area contributed by atoms with Gasteiger partial charge in [-0.15, -0.1) is 17.5 Å². The summed E-state index contributed by atoms with van der Waals surface area (Å²) in [6.45, 7) is 2.50. The van der Waals surface area contributed by atoms with Gasteiger partial charge in [0.25, 0.3) is 0 Å². The molecular weight excluding hydrogens is 344 g/mol. The van der Waals surface area contributed by atoms with Gasteiger partial charge in [-0.3, -0.25) is 4.79 Å². The molecule has 0 atom stereocenters. The Balaban J connectivity index is 0.00000312. The average molecular weight is 369 g/mol. The number of amides is 1. The minimum atomic E-state index is -0.00713. The number of nitrogens with one attached hydrogen (secondary N) is 1. The van der Waals surface area contributed by atoms with Crippen LogP contribution in [0, 0.1) is 6.92 Å². The van der Waals surface area contributed by atoms with Crippen molar-refractivity contribution in [3.05, 3.63) is 24.0 Å². The number of benzene rings is 1. The number of methoxy groups -OCH3 is 1. The second-order valence-electron chi connectivity index (χ2n) is 5.53. The van der Waals surface area contributed by atoms with Gasteiger partial charge in [0, 0.05) is 12.1 Å². The van der Waals surface area contributed by atoms with Gasteiger partial charge in [-0.05, 0) is 54.9 Å². The number of hydrogen-bond donors (Lipinski definition) is 2. The van der Waals surface area contributed by atoms with Crippen LogP contribution < -0.4 is 15.8 Å². The van der Waals surface area contributed by atoms with Crippen molar-refractivity contribution in [2.75, 3.05) is 19.0 Å². The predicted molar refractivity (Wildman–Crippen MR) is 98.5 cm³/mol. The third-order valence-electron chi connectivity index (χ3n) is 3.67. The molecule has 1 heterocycles. The van der Waals surface area contributed by atoms with E-state index in [4.69, 9.17) is 10.5 Å². The highest BCUT2D eigenvalue weighted by Gasteiger charge is 2.12. The van der Waals surface area contributed by atoms with Gasteiger partial charge in [0.1, 0.15) is 11.4 Å². The molecule has 1 aromatic carbocycles. The fourth-order valence-electron chi connectivity index (χ4n) is 2.39. The summed E-state index contributed by atoms with van der Waals surface area (Å²) in [5.41, 5.74) is 6.82. The minimum Gasteiger partial charge on any atom is -0.494 e. The first-order chi connectivity index (χ1) is 11.7. The van der Waals surface area contributed by atoms with Gasteiger partial charge in [0.05, 0.1) is 7.11 Å². The van der Waals surface area contributed by atoms with Crippen molar-refractivity contribution in [2.24, 2.45) is 5.73 Å². The molecule has 138 valence electrons. The Kier molecular flexibility index (Phi) is 8.87. The molecule has 1 amide bonds. The van der Waals surface area contributed by atoms with E-state index < -0.39 is 0 Å². The minimum absolute atomic E-state index is 0. The van der Waals surface area contributed by atoms with Crippen LogP contribution in [-0.4, -0.2) is 39.8 Å². The number of tetrazole rings is 1. The zero-order chi connectivity index (χ0) is 17.4. The molecule has 0 aliphatic carbocycles. The number of halogens is 1. The van der Waals surface area contributed by atoms with Crippen molar-refractivity contribution in [2.45, 2.75) is 39.0 Å². The maximum Gasteiger partial charge on any atom is 0.224 e. The molecule has 0 radical (unpaired) electrons. The Hall–Kier alpha value is -2.19. The Morgan fingerprint density at radius 3 is 2.68 bits per heavy atom. The highest BCUT2D eigenvalue weighted by Crippen LogP contribution is 2.26. The van der Waals surface area contributed by atoms with Gasteiger partial charge < -0.3 is 15.8 Å². The van der Waals surface area contributed by atoms with Crippen LogP contribution in [0.4, 0.5) is 5.69 Å². The number of carbonyl (C=O) groups is 1. The summed E-state index contributed by atoms with van der Waals surface area (Å²) in [6, 6.07) is 5.39. The summed E-state index contributed by atoms with van der Waals surface area (Å²) >= 11 is 0. The fourth-order valence-corrected chi connectivity index (χ4v) is 2.39. The third-order valence-corrected chi connectivity index (χ3v) is 3.67. The van der Waals surface area contributed by atoms with E-state index in [-0.39, 0.29) is 18.3 Å². The standard InChI is InChI=1S/C16H24N6O2.ClH/c1-12-19-20-21-22(12)14-11-13(8-9-15(14)24-2)18-16(23)7-5-3-4-6-10-17;/h8-9,11H,3-7,10,17H2,1-2H3,(H,18,23);1H. The Morgan fingerprint density at radius 1 is 1.28 bits per heavy atom. The molecule has 0 fully saturated rings. The molecule has 0 unspecified atom stereocenters. The molecule has 8 nitrogen and oxygen atoms in total. The van der Waals surface area contributed by atoms with Gasteiger partial charge >= 0.3 is 0 Å². The van der Waals surface area contributed by atoms with Crippen LogP contribution in [0.25, 0.3) is 5.69 Å². The third kappa shape index (κ3) is 5.99. The molecule has 9 heteroatoms. The zero-order valence-electron chi connectivity index (χ0n) is 14.6. The van der Waals surface area contributed by atoms with Gasteiger partial charge in [-0.1, -0.05) is 12.8 Å². The number of aromatic nitrogens is 4. The van der Waals surface area contributed by atoms with E-state index in [1.165, 1.54) is 0 Å². The first-order valence-corrected chi connectivity index (χ1v) is 8.09. The molecular formula is C16H25ClN6O2. The quantitative estimate of drug-likeness (QED) is 0.657. The number of rotatable bonds is 9. The summed E-state index contributed by atoms with van der Waals surface area (Å²) < 4.78 is 6.92. The van der Waals surface area contributed by atoms with Gasteiger partial charge in [0.15, 0.2) is 5.82 Å². The second kappa shape index (κ2) is 10.6. The Morgan fingerprint density at radius 2 is 2.04 bits per heavy atom. The van der Waals surface area contributed by atoms with Crippen LogP contribution in [-0.2, 0) is 4.79 Å². The molecule has 0 saturated carbocycles. The lowest BCUT2D eigenvalue weighted by Gasteiger charge is -2.12. The first kappa shape index (κ1) is 20.9. The topological polar surface area (TPSA) is 108 Å². The number of unbranched alkanes of at least 4 members (excludes halogenated alkanes) is 3. The SMILES string of the molecule is COc1ccc(NC(=O)CCCCCCN)cc1-n1nnnc1C.Cl. The summed E-state index contributed by atoms with van der Waals surface area (Å²) in [4.78, 5) is 12.1. The summed E-state index contributed by atoms with van der Waals surface area (Å²) in [6.07, 6.45) is 4.45. The zero-order valence-corrected chi connectivity index (χ0v) is 15.4. The normalized spacial score (nSPS) is 10.2. The van der Waals surface area contributed by atoms with Gasteiger partial charge in [0.2, 0.25) is 5.91 Å². The number of aryl methyl sites for hydroxylation is 1. The van der Waals surface area contributed by atoms with E-state index in [0.29, 0.717) is 35.9 Å². The van der Waals surface area contributed by atoms with Crippen molar-refractivity contribution in [1.29, 1.82) is 0 Å². The maximum absolute atomic E-state index is 12.1. The fraction of sp³-hybridized carbons (Fsp3) is 0.500. The highest BCUT2D eigenvalue weighted by atomic mass is 35.5. The monoisotopic (exact) mass is 368 g/mol. The summed E-state index contributed by atoms with van der Waals surface area (Å²) in [5.74, 6) is 1.26. The van der Waals surface area contributed by atoms with Crippen molar-refractivity contribution >= 4 is 24.0 Å². The lowest BCUT2D eigenvalue weighted by Crippen LogP contribution is -2.12. The summed E-state index contributed by atoms with van der Waals surface area (Å²) in [7, 11) is 1.58. The molecule has 1 aromatic heterocycles. The largest absolute Gasteiger partial charge is 0.494 e. The van der Waals surface area contributed by atoms with Crippen LogP contribution >= 0.6 is 12.4 Å². The Bertz CT molecular complexity index is 676. The van der Waals surface area contributed by atoms with E-state index >= 15 is 0 Å². The molecule has 0 aliphatic rings. The molecule has 2 rings (SSSR count). The van der Waals surface area contributed by atoms with E-state index in [1.54, 1.807) is 36.9 Å². The molecule has 25 heavy (non-hydrogen) atoms. The number of hydrogen-bond acceptors (Lipinski definition) is 6. The van der Waals surface area contributed by atoms with Crippen molar-refractivity contribution in [3.63, 3.8) is 0 Å². The Labute approximate surface area is 153 Å². The van der Waals surface area contributed by atoms with Crippen LogP contribution in [0.3, 0.4) is 0 Å². The van der Waals surface area contributed by atoms with Crippen LogP contribution in [0.2, 0.25) is 0 Å². The van der Waals surface area contributed by atoms with E-state index in [1.807, 2.05) is 0 Å². The van der Waals surface area contributed by atoms with E-state index in [0.717, 1.165) is 25.7 Å². The van der Waals surface area contributed by atoms with Crippen molar-refractivity contribution in [1.82, 2.24) is 20.2 Å². The second-order valence-corrected chi connectivity index (χ2v) is 5.53. The van der Waals surface area contributed by atoms with Crippen LogP contribution in [0.5, 0.6) is 5.75 Å². The summed E-state index contributed by atoms with van der Waals surface area (Å²) in [5, 5.41) is 14.4. The number of anilines is 1. The highest BCUT2D eigenvalue weighted by molar-refractivity contribution is 5.91. The number of nitrogens with two attached hydrogens (primary N) is 1. The van der Waals surface area contributed by atoms with E-state index in [2.05, 4.69) is 20.8 Å². The lowest BCUT2D eigenvalue weighted by molar-refractivity contribution is -0.116. The van der Waals surface area contributed by atoms with E-state index in [9.17, 15) is 4.79 Å². The van der Waals surface area contributed by atoms with Crippen LogP contribution in [0.1, 0.15) is 37.9 Å². The molecule has 0 spiro atoms. The number of ether oxygens (including phenoxy) is 1. The maximum atomic E-state index is 12.1. The lowest BCUT2D eigenvalue weighted by atomic mass is 10.1. The van der Waals surface area contributed by atoms with Crippen molar-refractivity contribution in [3.8, 4) is 11.4 Å². The van der Waals surface area contributed by atoms with Crippen LogP contribution in [0.15, 0.2) is 18.2 Å². The molecule has 0 bridgehead atoms. The average Bonchev–Trinajstić information content (AvgIpc) is 3.00. The number of carbonyl (C=O) groups excluding carboxylic acids is 1. The smallest absolute Gasteiger partial charge is 0.224 e. The first-order valence-electron chi connectivity index (χ1n) is 8.09. The molecule has 3 N–H and O–H groups in total. The van der Waals surface area contributed by atoms with Crippen molar-refractivity contribution < 1.29 is 9.53 Å². The predicted octanol–water partition coefficient (Wildman–Crippen LogP) is 2.25.